The van der Waals surface area contributed by atoms with Crippen LogP contribution in [0.1, 0.15) is 0 Å². The molecule has 1 aromatic carbocycles. The first-order valence-corrected chi connectivity index (χ1v) is 6.67. The van der Waals surface area contributed by atoms with E-state index in [1.165, 1.54) is 0 Å². The summed E-state index contributed by atoms with van der Waals surface area (Å²) in [5, 5.41) is 9.96. The first-order valence-electron chi connectivity index (χ1n) is 6.67. The molecule has 2 N–H and O–H groups in total. The Morgan fingerprint density at radius 2 is 1.95 bits per heavy atom. The molecule has 0 aliphatic rings. The lowest BCUT2D eigenvalue weighted by molar-refractivity contribution is 0.415. The Kier molecular flexibility index (Phi) is 3.86. The molecule has 7 nitrogen and oxygen atoms in total. The summed E-state index contributed by atoms with van der Waals surface area (Å²) in [6.07, 6.45) is 1.65. The van der Waals surface area contributed by atoms with Crippen LogP contribution in [0, 0.1) is 0 Å². The van der Waals surface area contributed by atoms with E-state index in [1.807, 2.05) is 30.3 Å². The molecule has 0 spiro atoms. The molecule has 112 valence electrons. The third-order valence-corrected chi connectivity index (χ3v) is 3.03. The van der Waals surface area contributed by atoms with Crippen LogP contribution in [-0.4, -0.2) is 29.3 Å². The fourth-order valence-corrected chi connectivity index (χ4v) is 1.91. The fraction of sp³-hybridized carbons (Fsp3) is 0.133. The summed E-state index contributed by atoms with van der Waals surface area (Å²) in [7, 11) is 3.39. The minimum atomic E-state index is 0.506. The predicted molar refractivity (Wildman–Crippen MR) is 83.4 cm³/mol. The van der Waals surface area contributed by atoms with E-state index in [0.717, 1.165) is 17.0 Å². The normalized spacial score (nSPS) is 10.3. The highest BCUT2D eigenvalue weighted by Gasteiger charge is 2.08. The van der Waals surface area contributed by atoms with Crippen LogP contribution in [-0.2, 0) is 0 Å². The van der Waals surface area contributed by atoms with Crippen molar-refractivity contribution in [3.63, 3.8) is 0 Å². The van der Waals surface area contributed by atoms with Crippen molar-refractivity contribution in [2.75, 3.05) is 24.8 Å². The van der Waals surface area contributed by atoms with Gasteiger partial charge < -0.3 is 19.9 Å². The van der Waals surface area contributed by atoms with Gasteiger partial charge >= 0.3 is 0 Å². The van der Waals surface area contributed by atoms with Gasteiger partial charge in [0.25, 0.3) is 0 Å². The van der Waals surface area contributed by atoms with Gasteiger partial charge in [-0.15, -0.1) is 0 Å². The van der Waals surface area contributed by atoms with E-state index in [2.05, 4.69) is 25.8 Å². The number of nitrogens with one attached hydrogen (secondary N) is 2. The summed E-state index contributed by atoms with van der Waals surface area (Å²) in [5.74, 6) is 2.45. The highest BCUT2D eigenvalue weighted by atomic mass is 16.5. The summed E-state index contributed by atoms with van der Waals surface area (Å²) >= 11 is 0. The Labute approximate surface area is 127 Å². The largest absolute Gasteiger partial charge is 0.497 e. The number of methoxy groups -OCH3 is 1. The molecule has 0 fully saturated rings. The lowest BCUT2D eigenvalue weighted by atomic mass is 10.1. The quantitative estimate of drug-likeness (QED) is 0.748. The molecular formula is C15H15N5O2. The second-order valence-electron chi connectivity index (χ2n) is 4.45. The van der Waals surface area contributed by atoms with Crippen molar-refractivity contribution in [1.82, 2.24) is 15.1 Å². The van der Waals surface area contributed by atoms with E-state index in [0.29, 0.717) is 17.7 Å². The van der Waals surface area contributed by atoms with Gasteiger partial charge in [0, 0.05) is 24.9 Å². The van der Waals surface area contributed by atoms with Gasteiger partial charge in [0.15, 0.2) is 0 Å². The summed E-state index contributed by atoms with van der Waals surface area (Å²) in [4.78, 5) is 8.30. The number of anilines is 3. The van der Waals surface area contributed by atoms with Crippen molar-refractivity contribution >= 4 is 17.7 Å². The van der Waals surface area contributed by atoms with Crippen molar-refractivity contribution in [3.05, 3.63) is 42.6 Å². The summed E-state index contributed by atoms with van der Waals surface area (Å²) in [6, 6.07) is 11.1. The minimum absolute atomic E-state index is 0.506. The maximum atomic E-state index is 5.28. The third-order valence-electron chi connectivity index (χ3n) is 3.03. The smallest absolute Gasteiger partial charge is 0.230 e. The Hall–Kier alpha value is -3.09. The number of ether oxygens (including phenoxy) is 1. The van der Waals surface area contributed by atoms with Crippen LogP contribution in [0.25, 0.3) is 11.3 Å². The lowest BCUT2D eigenvalue weighted by Crippen LogP contribution is -1.99. The van der Waals surface area contributed by atoms with Gasteiger partial charge in [-0.3, -0.25) is 0 Å². The second-order valence-corrected chi connectivity index (χ2v) is 4.45. The number of hydrogen-bond donors (Lipinski definition) is 2. The SMILES string of the molecule is CNc1nccc(Nc2cc(-c3ccc(OC)cc3)no2)n1. The Morgan fingerprint density at radius 1 is 1.14 bits per heavy atom. The molecular weight excluding hydrogens is 282 g/mol. The molecule has 0 aliphatic carbocycles. The zero-order chi connectivity index (χ0) is 15.4. The summed E-state index contributed by atoms with van der Waals surface area (Å²) in [6.45, 7) is 0. The molecule has 2 heterocycles. The first kappa shape index (κ1) is 13.9. The zero-order valence-electron chi connectivity index (χ0n) is 12.2. The fourth-order valence-electron chi connectivity index (χ4n) is 1.91. The van der Waals surface area contributed by atoms with Gasteiger partial charge in [0.2, 0.25) is 11.8 Å². The van der Waals surface area contributed by atoms with Crippen LogP contribution in [0.4, 0.5) is 17.7 Å². The average Bonchev–Trinajstić information content (AvgIpc) is 3.03. The molecule has 22 heavy (non-hydrogen) atoms. The lowest BCUT2D eigenvalue weighted by Gasteiger charge is -2.02. The molecule has 3 rings (SSSR count). The molecule has 2 aromatic heterocycles. The molecule has 0 saturated carbocycles. The zero-order valence-corrected chi connectivity index (χ0v) is 12.2. The maximum Gasteiger partial charge on any atom is 0.230 e. The van der Waals surface area contributed by atoms with E-state index >= 15 is 0 Å². The minimum Gasteiger partial charge on any atom is -0.497 e. The average molecular weight is 297 g/mol. The molecule has 0 aliphatic heterocycles. The summed E-state index contributed by atoms with van der Waals surface area (Å²) in [5.41, 5.74) is 1.67. The highest BCUT2D eigenvalue weighted by Crippen LogP contribution is 2.25. The molecule has 7 heteroatoms. The van der Waals surface area contributed by atoms with Gasteiger partial charge in [-0.2, -0.15) is 4.98 Å². The molecule has 0 radical (unpaired) electrons. The molecule has 0 amide bonds. The third kappa shape index (κ3) is 2.98. The van der Waals surface area contributed by atoms with Crippen molar-refractivity contribution in [3.8, 4) is 17.0 Å². The van der Waals surface area contributed by atoms with Crippen LogP contribution in [0.2, 0.25) is 0 Å². The Morgan fingerprint density at radius 3 is 2.68 bits per heavy atom. The monoisotopic (exact) mass is 297 g/mol. The van der Waals surface area contributed by atoms with Crippen molar-refractivity contribution < 1.29 is 9.26 Å². The van der Waals surface area contributed by atoms with Crippen LogP contribution in [0.3, 0.4) is 0 Å². The van der Waals surface area contributed by atoms with Crippen molar-refractivity contribution in [2.24, 2.45) is 0 Å². The maximum absolute atomic E-state index is 5.28. The van der Waals surface area contributed by atoms with E-state index in [1.54, 1.807) is 26.4 Å². The van der Waals surface area contributed by atoms with E-state index in [9.17, 15) is 0 Å². The van der Waals surface area contributed by atoms with Gasteiger partial charge in [-0.1, -0.05) is 5.16 Å². The Bertz CT molecular complexity index is 755. The molecule has 0 unspecified atom stereocenters. The van der Waals surface area contributed by atoms with Gasteiger partial charge in [-0.05, 0) is 30.3 Å². The standard InChI is InChI=1S/C15H15N5O2/c1-16-15-17-8-7-13(19-15)18-14-9-12(20-22-14)10-3-5-11(21-2)6-4-10/h3-9H,1-2H3,(H2,16,17,18,19). The second kappa shape index (κ2) is 6.13. The first-order chi connectivity index (χ1) is 10.8. The number of hydrogen-bond acceptors (Lipinski definition) is 7. The van der Waals surface area contributed by atoms with Crippen LogP contribution in [0.5, 0.6) is 5.75 Å². The van der Waals surface area contributed by atoms with Crippen molar-refractivity contribution in [1.29, 1.82) is 0 Å². The van der Waals surface area contributed by atoms with Crippen molar-refractivity contribution in [2.45, 2.75) is 0 Å². The molecule has 0 saturated heterocycles. The number of rotatable bonds is 5. The number of aromatic nitrogens is 3. The highest BCUT2D eigenvalue weighted by molar-refractivity contribution is 5.64. The molecule has 0 atom stereocenters. The Balaban J connectivity index is 1.77. The van der Waals surface area contributed by atoms with Crippen LogP contribution in [0.15, 0.2) is 47.1 Å². The van der Waals surface area contributed by atoms with Gasteiger partial charge in [0.1, 0.15) is 17.3 Å². The predicted octanol–water partition coefficient (Wildman–Crippen LogP) is 2.93. The van der Waals surface area contributed by atoms with Crippen LogP contribution < -0.4 is 15.4 Å². The van der Waals surface area contributed by atoms with Gasteiger partial charge in [-0.25, -0.2) is 4.98 Å². The van der Waals surface area contributed by atoms with Crippen LogP contribution >= 0.6 is 0 Å². The van der Waals surface area contributed by atoms with E-state index < -0.39 is 0 Å². The number of nitrogens with zero attached hydrogens (tertiary/aromatic N) is 3. The van der Waals surface area contributed by atoms with Gasteiger partial charge in [0.05, 0.1) is 7.11 Å². The molecule has 0 bridgehead atoms. The summed E-state index contributed by atoms with van der Waals surface area (Å²) < 4.78 is 10.4. The molecule has 3 aromatic rings. The van der Waals surface area contributed by atoms with E-state index in [4.69, 9.17) is 9.26 Å². The number of benzene rings is 1. The van der Waals surface area contributed by atoms with E-state index in [-0.39, 0.29) is 0 Å². The topological polar surface area (TPSA) is 85.1 Å².